The van der Waals surface area contributed by atoms with Crippen LogP contribution in [-0.4, -0.2) is 65.3 Å². The van der Waals surface area contributed by atoms with Crippen molar-refractivity contribution < 1.29 is 5.11 Å². The number of aromatic hydroxyl groups is 1. The van der Waals surface area contributed by atoms with Crippen LogP contribution >= 0.6 is 24.0 Å². The number of aliphatic imine (C=N–C) groups is 1. The highest BCUT2D eigenvalue weighted by Crippen LogP contribution is 2.27. The lowest BCUT2D eigenvalue weighted by Gasteiger charge is -2.37. The van der Waals surface area contributed by atoms with Crippen molar-refractivity contribution >= 4 is 46.7 Å². The van der Waals surface area contributed by atoms with Gasteiger partial charge >= 0.3 is 0 Å². The molecule has 0 aliphatic carbocycles. The third-order valence-electron chi connectivity index (χ3n) is 5.40. The van der Waals surface area contributed by atoms with E-state index in [1.165, 1.54) is 5.52 Å². The molecular formula is C22H29IN6O. The van der Waals surface area contributed by atoms with Crippen LogP contribution in [0.15, 0.2) is 59.9 Å². The first-order valence-corrected chi connectivity index (χ1v) is 10.1. The maximum atomic E-state index is 10.1. The average Bonchev–Trinajstić information content (AvgIpc) is 3.18. The number of piperazine rings is 1. The molecular weight excluding hydrogens is 491 g/mol. The number of para-hydroxylation sites is 4. The summed E-state index contributed by atoms with van der Waals surface area (Å²) >= 11 is 0. The molecule has 0 atom stereocenters. The second-order valence-electron chi connectivity index (χ2n) is 7.22. The summed E-state index contributed by atoms with van der Waals surface area (Å²) in [4.78, 5) is 13.4. The van der Waals surface area contributed by atoms with Crippen LogP contribution in [0.1, 0.15) is 6.42 Å². The Kier molecular flexibility index (Phi) is 7.78. The zero-order chi connectivity index (χ0) is 20.1. The summed E-state index contributed by atoms with van der Waals surface area (Å²) in [6, 6.07) is 15.8. The van der Waals surface area contributed by atoms with Crippen LogP contribution < -0.4 is 10.2 Å². The fraction of sp³-hybridized carbons (Fsp3) is 0.364. The van der Waals surface area contributed by atoms with E-state index in [9.17, 15) is 5.11 Å². The van der Waals surface area contributed by atoms with E-state index in [4.69, 9.17) is 0 Å². The van der Waals surface area contributed by atoms with Gasteiger partial charge in [0, 0.05) is 46.3 Å². The van der Waals surface area contributed by atoms with Crippen molar-refractivity contribution in [3.63, 3.8) is 0 Å². The molecule has 2 aromatic carbocycles. The van der Waals surface area contributed by atoms with Gasteiger partial charge in [-0.2, -0.15) is 0 Å². The number of phenols is 1. The minimum Gasteiger partial charge on any atom is -0.506 e. The van der Waals surface area contributed by atoms with Gasteiger partial charge in [-0.25, -0.2) is 4.98 Å². The highest BCUT2D eigenvalue weighted by molar-refractivity contribution is 14.0. The van der Waals surface area contributed by atoms with Crippen molar-refractivity contribution in [1.82, 2.24) is 19.8 Å². The Labute approximate surface area is 194 Å². The number of rotatable bonds is 5. The SMILES string of the molecule is CN=C(NCCCn1cnc2ccccc21)N1CCN(c2ccccc2O)CC1.I. The molecule has 0 radical (unpaired) electrons. The summed E-state index contributed by atoms with van der Waals surface area (Å²) < 4.78 is 2.20. The van der Waals surface area contributed by atoms with E-state index in [1.54, 1.807) is 6.07 Å². The molecule has 8 heteroatoms. The van der Waals surface area contributed by atoms with Crippen LogP contribution in [0.25, 0.3) is 11.0 Å². The molecule has 0 unspecified atom stereocenters. The van der Waals surface area contributed by atoms with Crippen LogP contribution in [-0.2, 0) is 6.54 Å². The summed E-state index contributed by atoms with van der Waals surface area (Å²) in [6.45, 7) is 5.25. The quantitative estimate of drug-likeness (QED) is 0.234. The van der Waals surface area contributed by atoms with E-state index < -0.39 is 0 Å². The lowest BCUT2D eigenvalue weighted by Crippen LogP contribution is -2.52. The first-order chi connectivity index (χ1) is 14.3. The van der Waals surface area contributed by atoms with Gasteiger partial charge in [-0.05, 0) is 30.7 Å². The van der Waals surface area contributed by atoms with Crippen molar-refractivity contribution in [2.75, 3.05) is 44.7 Å². The molecule has 1 fully saturated rings. The number of hydrogen-bond acceptors (Lipinski definition) is 4. The van der Waals surface area contributed by atoms with Crippen LogP contribution in [0.2, 0.25) is 0 Å². The van der Waals surface area contributed by atoms with Gasteiger partial charge in [-0.15, -0.1) is 24.0 Å². The summed E-state index contributed by atoms with van der Waals surface area (Å²) in [5.74, 6) is 1.29. The number of hydrogen-bond donors (Lipinski definition) is 2. The fourth-order valence-electron chi connectivity index (χ4n) is 3.86. The second-order valence-corrected chi connectivity index (χ2v) is 7.22. The molecule has 1 saturated heterocycles. The van der Waals surface area contributed by atoms with Crippen molar-refractivity contribution in [3.05, 3.63) is 54.9 Å². The number of guanidine groups is 1. The summed E-state index contributed by atoms with van der Waals surface area (Å²) in [5, 5.41) is 13.6. The van der Waals surface area contributed by atoms with E-state index in [2.05, 4.69) is 41.8 Å². The molecule has 2 N–H and O–H groups in total. The number of benzene rings is 2. The second kappa shape index (κ2) is 10.5. The minimum absolute atomic E-state index is 0. The molecule has 0 bridgehead atoms. The largest absolute Gasteiger partial charge is 0.506 e. The van der Waals surface area contributed by atoms with E-state index in [-0.39, 0.29) is 24.0 Å². The molecule has 0 spiro atoms. The molecule has 1 aliphatic heterocycles. The van der Waals surface area contributed by atoms with Gasteiger partial charge in [0.05, 0.1) is 23.0 Å². The van der Waals surface area contributed by atoms with E-state index in [0.29, 0.717) is 5.75 Å². The van der Waals surface area contributed by atoms with Gasteiger partial charge in [0.2, 0.25) is 0 Å². The Morgan fingerprint density at radius 2 is 1.80 bits per heavy atom. The lowest BCUT2D eigenvalue weighted by atomic mass is 10.2. The minimum atomic E-state index is 0. The van der Waals surface area contributed by atoms with Gasteiger partial charge in [0.15, 0.2) is 5.96 Å². The first-order valence-electron chi connectivity index (χ1n) is 10.1. The van der Waals surface area contributed by atoms with Crippen LogP contribution in [0, 0.1) is 0 Å². The number of imidazole rings is 1. The van der Waals surface area contributed by atoms with Gasteiger partial charge < -0.3 is 24.8 Å². The average molecular weight is 520 g/mol. The van der Waals surface area contributed by atoms with E-state index >= 15 is 0 Å². The lowest BCUT2D eigenvalue weighted by molar-refractivity contribution is 0.369. The Morgan fingerprint density at radius 1 is 1.07 bits per heavy atom. The molecule has 2 heterocycles. The third kappa shape index (κ3) is 4.97. The molecule has 4 rings (SSSR count). The van der Waals surface area contributed by atoms with E-state index in [0.717, 1.165) is 62.9 Å². The summed E-state index contributed by atoms with van der Waals surface area (Å²) in [6.07, 6.45) is 2.91. The number of nitrogens with one attached hydrogen (secondary N) is 1. The molecule has 0 amide bonds. The Balaban J connectivity index is 0.00000256. The number of aromatic nitrogens is 2. The standard InChI is InChI=1S/C22H28N6O.HI/c1-23-22(24-11-6-12-28-17-25-18-7-2-3-8-19(18)28)27-15-13-26(14-16-27)20-9-4-5-10-21(20)29;/h2-5,7-10,17,29H,6,11-16H2,1H3,(H,23,24);1H. The zero-order valence-corrected chi connectivity index (χ0v) is 19.6. The van der Waals surface area contributed by atoms with Crippen LogP contribution in [0.4, 0.5) is 5.69 Å². The predicted molar refractivity (Wildman–Crippen MR) is 133 cm³/mol. The van der Waals surface area contributed by atoms with Gasteiger partial charge in [0.25, 0.3) is 0 Å². The maximum absolute atomic E-state index is 10.1. The first kappa shape index (κ1) is 22.2. The Morgan fingerprint density at radius 3 is 2.57 bits per heavy atom. The number of phenolic OH excluding ortho intramolecular Hbond substituents is 1. The molecule has 1 aliphatic rings. The summed E-state index contributed by atoms with van der Waals surface area (Å²) in [5.41, 5.74) is 3.12. The normalized spacial score (nSPS) is 14.6. The number of halogens is 1. The van der Waals surface area contributed by atoms with Crippen LogP contribution in [0.5, 0.6) is 5.75 Å². The molecule has 1 aromatic heterocycles. The predicted octanol–water partition coefficient (Wildman–Crippen LogP) is 3.15. The van der Waals surface area contributed by atoms with Crippen molar-refractivity contribution in [2.45, 2.75) is 13.0 Å². The Hall–Kier alpha value is -2.49. The molecule has 3 aromatic rings. The van der Waals surface area contributed by atoms with Crippen LogP contribution in [0.3, 0.4) is 0 Å². The molecule has 0 saturated carbocycles. The van der Waals surface area contributed by atoms with Crippen molar-refractivity contribution in [1.29, 1.82) is 0 Å². The van der Waals surface area contributed by atoms with E-state index in [1.807, 2.05) is 43.7 Å². The number of fused-ring (bicyclic) bond motifs is 1. The fourth-order valence-corrected chi connectivity index (χ4v) is 3.86. The summed E-state index contributed by atoms with van der Waals surface area (Å²) in [7, 11) is 1.83. The Bertz CT molecular complexity index is 980. The monoisotopic (exact) mass is 520 g/mol. The topological polar surface area (TPSA) is 68.9 Å². The zero-order valence-electron chi connectivity index (χ0n) is 17.2. The van der Waals surface area contributed by atoms with Crippen molar-refractivity contribution in [2.24, 2.45) is 4.99 Å². The van der Waals surface area contributed by atoms with Gasteiger partial charge in [-0.1, -0.05) is 24.3 Å². The molecule has 7 nitrogen and oxygen atoms in total. The maximum Gasteiger partial charge on any atom is 0.193 e. The third-order valence-corrected chi connectivity index (χ3v) is 5.40. The van der Waals surface area contributed by atoms with Crippen molar-refractivity contribution in [3.8, 4) is 5.75 Å². The molecule has 30 heavy (non-hydrogen) atoms. The number of anilines is 1. The smallest absolute Gasteiger partial charge is 0.193 e. The highest BCUT2D eigenvalue weighted by atomic mass is 127. The van der Waals surface area contributed by atoms with Gasteiger partial charge in [0.1, 0.15) is 5.75 Å². The number of nitrogens with zero attached hydrogens (tertiary/aromatic N) is 5. The highest BCUT2D eigenvalue weighted by Gasteiger charge is 2.21. The molecule has 160 valence electrons. The number of aryl methyl sites for hydroxylation is 1. The van der Waals surface area contributed by atoms with Gasteiger partial charge in [-0.3, -0.25) is 4.99 Å².